The van der Waals surface area contributed by atoms with Gasteiger partial charge in [0.25, 0.3) is 5.91 Å². The van der Waals surface area contributed by atoms with Gasteiger partial charge in [0, 0.05) is 18.4 Å². The minimum atomic E-state index is -0.612. The van der Waals surface area contributed by atoms with Crippen molar-refractivity contribution < 1.29 is 18.8 Å². The SMILES string of the molecule is O=C(CC[C@H]1NC(=O)NC1=O)N[C@@H]1CCCc2occc21. The molecule has 2 aliphatic rings. The van der Waals surface area contributed by atoms with Crippen LogP contribution in [0.5, 0.6) is 0 Å². The summed E-state index contributed by atoms with van der Waals surface area (Å²) >= 11 is 0. The number of carbonyl (C=O) groups is 3. The molecule has 2 atom stereocenters. The molecule has 112 valence electrons. The molecule has 3 rings (SSSR count). The van der Waals surface area contributed by atoms with Crippen LogP contribution in [0.2, 0.25) is 0 Å². The number of fused-ring (bicyclic) bond motifs is 1. The number of amides is 4. The molecule has 7 nitrogen and oxygen atoms in total. The van der Waals surface area contributed by atoms with Gasteiger partial charge in [0.05, 0.1) is 12.3 Å². The first kappa shape index (κ1) is 13.7. The zero-order chi connectivity index (χ0) is 14.8. The van der Waals surface area contributed by atoms with E-state index in [2.05, 4.69) is 16.0 Å². The number of hydrogen-bond donors (Lipinski definition) is 3. The molecule has 3 N–H and O–H groups in total. The Morgan fingerprint density at radius 2 is 2.29 bits per heavy atom. The summed E-state index contributed by atoms with van der Waals surface area (Å²) in [6.45, 7) is 0. The van der Waals surface area contributed by atoms with Crippen molar-refractivity contribution in [3.8, 4) is 0 Å². The van der Waals surface area contributed by atoms with Gasteiger partial charge in [-0.3, -0.25) is 14.9 Å². The van der Waals surface area contributed by atoms with Crippen molar-refractivity contribution in [2.45, 2.75) is 44.2 Å². The second kappa shape index (κ2) is 5.59. The highest BCUT2D eigenvalue weighted by Crippen LogP contribution is 2.30. The molecular formula is C14H17N3O4. The van der Waals surface area contributed by atoms with E-state index in [1.54, 1.807) is 6.26 Å². The average molecular weight is 291 g/mol. The lowest BCUT2D eigenvalue weighted by atomic mass is 9.93. The highest BCUT2D eigenvalue weighted by molar-refractivity contribution is 6.04. The quantitative estimate of drug-likeness (QED) is 0.713. The molecule has 2 heterocycles. The molecule has 1 fully saturated rings. The number of rotatable bonds is 4. The molecule has 1 saturated heterocycles. The molecule has 1 aromatic rings. The Morgan fingerprint density at radius 3 is 3.05 bits per heavy atom. The number of urea groups is 1. The van der Waals surface area contributed by atoms with E-state index in [1.807, 2.05) is 6.07 Å². The predicted octanol–water partition coefficient (Wildman–Crippen LogP) is 0.761. The molecule has 0 unspecified atom stereocenters. The van der Waals surface area contributed by atoms with Crippen LogP contribution in [-0.2, 0) is 16.0 Å². The van der Waals surface area contributed by atoms with E-state index in [4.69, 9.17) is 4.42 Å². The van der Waals surface area contributed by atoms with Gasteiger partial charge in [-0.05, 0) is 25.3 Å². The number of nitrogens with one attached hydrogen (secondary N) is 3. The third-order valence-electron chi connectivity index (χ3n) is 3.91. The summed E-state index contributed by atoms with van der Waals surface area (Å²) in [5.41, 5.74) is 1.04. The summed E-state index contributed by atoms with van der Waals surface area (Å²) in [5.74, 6) is 0.444. The Bertz CT molecular complexity index is 581. The van der Waals surface area contributed by atoms with Crippen LogP contribution in [0.3, 0.4) is 0 Å². The number of furan rings is 1. The van der Waals surface area contributed by atoms with E-state index >= 15 is 0 Å². The largest absolute Gasteiger partial charge is 0.469 e. The van der Waals surface area contributed by atoms with Crippen molar-refractivity contribution in [1.82, 2.24) is 16.0 Å². The summed E-state index contributed by atoms with van der Waals surface area (Å²) in [5, 5.41) is 7.60. The number of carbonyl (C=O) groups excluding carboxylic acids is 3. The number of imide groups is 1. The summed E-state index contributed by atoms with van der Waals surface area (Å²) in [4.78, 5) is 34.4. The van der Waals surface area contributed by atoms with Crippen molar-refractivity contribution in [1.29, 1.82) is 0 Å². The normalized spacial score (nSPS) is 24.2. The Morgan fingerprint density at radius 1 is 1.43 bits per heavy atom. The first-order chi connectivity index (χ1) is 10.1. The Hall–Kier alpha value is -2.31. The standard InChI is InChI=1S/C14H17N3O4/c18-12(5-4-10-13(19)17-14(20)16-10)15-9-2-1-3-11-8(9)6-7-21-11/h6-7,9-10H,1-5H2,(H,15,18)(H2,16,17,19,20)/t9-,10-/m1/s1. The van der Waals surface area contributed by atoms with Crippen molar-refractivity contribution >= 4 is 17.8 Å². The van der Waals surface area contributed by atoms with Gasteiger partial charge in [-0.15, -0.1) is 0 Å². The molecular weight excluding hydrogens is 274 g/mol. The molecule has 1 aromatic heterocycles. The van der Waals surface area contributed by atoms with Gasteiger partial charge in [-0.2, -0.15) is 0 Å². The molecule has 0 saturated carbocycles. The van der Waals surface area contributed by atoms with Crippen LogP contribution < -0.4 is 16.0 Å². The molecule has 0 spiro atoms. The maximum Gasteiger partial charge on any atom is 0.322 e. The van der Waals surface area contributed by atoms with Crippen LogP contribution in [0.25, 0.3) is 0 Å². The maximum atomic E-state index is 12.0. The van der Waals surface area contributed by atoms with Crippen LogP contribution in [0.1, 0.15) is 43.0 Å². The predicted molar refractivity (Wildman–Crippen MR) is 72.2 cm³/mol. The smallest absolute Gasteiger partial charge is 0.322 e. The van der Waals surface area contributed by atoms with Gasteiger partial charge in [0.15, 0.2) is 0 Å². The molecule has 21 heavy (non-hydrogen) atoms. The summed E-state index contributed by atoms with van der Waals surface area (Å²) < 4.78 is 5.38. The highest BCUT2D eigenvalue weighted by atomic mass is 16.3. The maximum absolute atomic E-state index is 12.0. The van der Waals surface area contributed by atoms with Gasteiger partial charge in [-0.1, -0.05) is 0 Å². The topological polar surface area (TPSA) is 100 Å². The second-order valence-electron chi connectivity index (χ2n) is 5.37. The molecule has 4 amide bonds. The molecule has 1 aliphatic carbocycles. The van der Waals surface area contributed by atoms with E-state index in [1.165, 1.54) is 0 Å². The Balaban J connectivity index is 1.51. The van der Waals surface area contributed by atoms with Crippen molar-refractivity contribution in [3.63, 3.8) is 0 Å². The lowest BCUT2D eigenvalue weighted by Crippen LogP contribution is -2.34. The fourth-order valence-electron chi connectivity index (χ4n) is 2.84. The fourth-order valence-corrected chi connectivity index (χ4v) is 2.84. The van der Waals surface area contributed by atoms with Gasteiger partial charge in [0.2, 0.25) is 5.91 Å². The first-order valence-corrected chi connectivity index (χ1v) is 7.10. The zero-order valence-corrected chi connectivity index (χ0v) is 11.5. The summed E-state index contributed by atoms with van der Waals surface area (Å²) in [6, 6.07) is 0.760. The van der Waals surface area contributed by atoms with Crippen LogP contribution in [0, 0.1) is 0 Å². The monoisotopic (exact) mass is 291 g/mol. The first-order valence-electron chi connectivity index (χ1n) is 7.10. The van der Waals surface area contributed by atoms with Crippen LogP contribution in [0.15, 0.2) is 16.7 Å². The van der Waals surface area contributed by atoms with Gasteiger partial charge in [-0.25, -0.2) is 4.79 Å². The van der Waals surface area contributed by atoms with Crippen LogP contribution in [-0.4, -0.2) is 23.9 Å². The van der Waals surface area contributed by atoms with Gasteiger partial charge in [0.1, 0.15) is 11.8 Å². The fraction of sp³-hybridized carbons (Fsp3) is 0.500. The van der Waals surface area contributed by atoms with Gasteiger partial charge >= 0.3 is 6.03 Å². The molecule has 0 bridgehead atoms. The lowest BCUT2D eigenvalue weighted by Gasteiger charge is -2.22. The number of aryl methyl sites for hydroxylation is 1. The Labute approximate surface area is 121 Å². The average Bonchev–Trinajstić information content (AvgIpc) is 3.03. The van der Waals surface area contributed by atoms with Crippen LogP contribution in [0.4, 0.5) is 4.79 Å². The summed E-state index contributed by atoms with van der Waals surface area (Å²) in [6.07, 6.45) is 4.92. The zero-order valence-electron chi connectivity index (χ0n) is 11.5. The second-order valence-corrected chi connectivity index (χ2v) is 5.37. The summed E-state index contributed by atoms with van der Waals surface area (Å²) in [7, 11) is 0. The molecule has 0 radical (unpaired) electrons. The highest BCUT2D eigenvalue weighted by Gasteiger charge is 2.30. The Kier molecular flexibility index (Phi) is 3.64. The minimum absolute atomic E-state index is 0.0213. The van der Waals surface area contributed by atoms with E-state index < -0.39 is 12.1 Å². The lowest BCUT2D eigenvalue weighted by molar-refractivity contribution is -0.122. The minimum Gasteiger partial charge on any atom is -0.469 e. The van der Waals surface area contributed by atoms with E-state index in [9.17, 15) is 14.4 Å². The molecule has 1 aliphatic heterocycles. The van der Waals surface area contributed by atoms with Crippen molar-refractivity contribution in [2.24, 2.45) is 0 Å². The van der Waals surface area contributed by atoms with E-state index in [-0.39, 0.29) is 24.3 Å². The van der Waals surface area contributed by atoms with E-state index in [0.29, 0.717) is 6.42 Å². The van der Waals surface area contributed by atoms with Gasteiger partial charge < -0.3 is 15.1 Å². The number of hydrogen-bond acceptors (Lipinski definition) is 4. The third kappa shape index (κ3) is 2.91. The third-order valence-corrected chi connectivity index (χ3v) is 3.91. The van der Waals surface area contributed by atoms with Crippen molar-refractivity contribution in [2.75, 3.05) is 0 Å². The molecule has 0 aromatic carbocycles. The van der Waals surface area contributed by atoms with E-state index in [0.717, 1.165) is 30.6 Å². The van der Waals surface area contributed by atoms with Crippen LogP contribution >= 0.6 is 0 Å². The van der Waals surface area contributed by atoms with Crippen molar-refractivity contribution in [3.05, 3.63) is 23.7 Å². The molecule has 7 heteroatoms.